The van der Waals surface area contributed by atoms with Gasteiger partial charge in [-0.15, -0.1) is 0 Å². The molecule has 0 aromatic heterocycles. The number of hydrogen-bond donors (Lipinski definition) is 1. The molecular weight excluding hydrogens is 286 g/mol. The van der Waals surface area contributed by atoms with E-state index in [0.717, 1.165) is 24.4 Å². The predicted octanol–water partition coefficient (Wildman–Crippen LogP) is 3.37. The van der Waals surface area contributed by atoms with Crippen LogP contribution in [0.3, 0.4) is 0 Å². The molecule has 3 atom stereocenters. The summed E-state index contributed by atoms with van der Waals surface area (Å²) >= 11 is 5.92. The van der Waals surface area contributed by atoms with Gasteiger partial charge in [0.2, 0.25) is 0 Å². The molecule has 0 bridgehead atoms. The second-order valence-electron chi connectivity index (χ2n) is 6.54. The van der Waals surface area contributed by atoms with E-state index >= 15 is 0 Å². The van der Waals surface area contributed by atoms with Gasteiger partial charge in [0.15, 0.2) is 0 Å². The third-order valence-corrected chi connectivity index (χ3v) is 4.22. The summed E-state index contributed by atoms with van der Waals surface area (Å²) in [6.07, 6.45) is 0.824. The molecule has 118 valence electrons. The van der Waals surface area contributed by atoms with Crippen LogP contribution in [-0.2, 0) is 0 Å². The normalized spacial score (nSPS) is 24.8. The topological polar surface area (TPSA) is 32.7 Å². The summed E-state index contributed by atoms with van der Waals surface area (Å²) in [6.45, 7) is 9.67. The van der Waals surface area contributed by atoms with Crippen LogP contribution >= 0.6 is 11.6 Å². The van der Waals surface area contributed by atoms with Crippen molar-refractivity contribution < 1.29 is 9.84 Å². The first-order chi connectivity index (χ1) is 9.94. The third kappa shape index (κ3) is 5.17. The van der Waals surface area contributed by atoms with Gasteiger partial charge in [0, 0.05) is 24.7 Å². The molecule has 4 heteroatoms. The summed E-state index contributed by atoms with van der Waals surface area (Å²) in [4.78, 5) is 2.35. The largest absolute Gasteiger partial charge is 0.491 e. The van der Waals surface area contributed by atoms with Crippen LogP contribution in [0.25, 0.3) is 0 Å². The molecular formula is C17H26ClNO2. The van der Waals surface area contributed by atoms with Crippen LogP contribution in [0.4, 0.5) is 0 Å². The van der Waals surface area contributed by atoms with Crippen LogP contribution in [0.5, 0.6) is 5.75 Å². The molecule has 0 aliphatic carbocycles. The lowest BCUT2D eigenvalue weighted by molar-refractivity contribution is 0.0427. The number of halogens is 1. The lowest BCUT2D eigenvalue weighted by Gasteiger charge is -2.35. The Kier molecular flexibility index (Phi) is 5.91. The van der Waals surface area contributed by atoms with Gasteiger partial charge in [0.25, 0.3) is 0 Å². The number of benzene rings is 1. The van der Waals surface area contributed by atoms with Crippen LogP contribution in [-0.4, -0.2) is 42.4 Å². The van der Waals surface area contributed by atoms with Gasteiger partial charge in [-0.05, 0) is 48.9 Å². The molecule has 3 nitrogen and oxygen atoms in total. The van der Waals surface area contributed by atoms with E-state index in [0.29, 0.717) is 30.0 Å². The van der Waals surface area contributed by atoms with Crippen molar-refractivity contribution >= 4 is 11.6 Å². The summed E-state index contributed by atoms with van der Waals surface area (Å²) in [6, 6.07) is 5.54. The van der Waals surface area contributed by atoms with Gasteiger partial charge in [-0.25, -0.2) is 0 Å². The van der Waals surface area contributed by atoms with Crippen LogP contribution < -0.4 is 4.74 Å². The first-order valence-corrected chi connectivity index (χ1v) is 8.11. The van der Waals surface area contributed by atoms with E-state index in [1.165, 1.54) is 6.42 Å². The smallest absolute Gasteiger partial charge is 0.122 e. The Morgan fingerprint density at radius 2 is 2.00 bits per heavy atom. The van der Waals surface area contributed by atoms with Crippen LogP contribution in [0, 0.1) is 18.8 Å². The zero-order valence-corrected chi connectivity index (χ0v) is 13.9. The Hall–Kier alpha value is -0.770. The molecule has 1 N–H and O–H groups in total. The maximum atomic E-state index is 10.2. The standard InChI is InChI=1S/C17H26ClNO2/c1-12-6-13(2)9-19(8-12)10-16(20)11-21-17-5-4-15(18)7-14(17)3/h4-5,7,12-13,16,20H,6,8-11H2,1-3H3. The van der Waals surface area contributed by atoms with E-state index in [1.54, 1.807) is 0 Å². The Bertz CT molecular complexity index is 456. The number of β-amino-alcohol motifs (C(OH)–C–C–N with tert-alkyl or cyclic N) is 1. The maximum Gasteiger partial charge on any atom is 0.122 e. The highest BCUT2D eigenvalue weighted by molar-refractivity contribution is 6.30. The average Bonchev–Trinajstić information content (AvgIpc) is 2.36. The molecule has 0 amide bonds. The van der Waals surface area contributed by atoms with Crippen molar-refractivity contribution in [1.29, 1.82) is 0 Å². The van der Waals surface area contributed by atoms with Gasteiger partial charge >= 0.3 is 0 Å². The molecule has 3 unspecified atom stereocenters. The number of aliphatic hydroxyl groups excluding tert-OH is 1. The molecule has 21 heavy (non-hydrogen) atoms. The van der Waals surface area contributed by atoms with Crippen molar-refractivity contribution in [3.05, 3.63) is 28.8 Å². The quantitative estimate of drug-likeness (QED) is 0.905. The van der Waals surface area contributed by atoms with Gasteiger partial charge in [-0.2, -0.15) is 0 Å². The fourth-order valence-electron chi connectivity index (χ4n) is 3.25. The highest BCUT2D eigenvalue weighted by Gasteiger charge is 2.23. The fourth-order valence-corrected chi connectivity index (χ4v) is 3.48. The minimum atomic E-state index is -0.461. The Labute approximate surface area is 132 Å². The molecule has 1 saturated heterocycles. The van der Waals surface area contributed by atoms with Gasteiger partial charge in [0.05, 0.1) is 0 Å². The molecule has 1 aromatic carbocycles. The molecule has 1 heterocycles. The number of nitrogens with zero attached hydrogens (tertiary/aromatic N) is 1. The van der Waals surface area contributed by atoms with Gasteiger partial charge in [-0.3, -0.25) is 0 Å². The number of ether oxygens (including phenoxy) is 1. The number of aliphatic hydroxyl groups is 1. The first kappa shape index (κ1) is 16.6. The number of aryl methyl sites for hydroxylation is 1. The average molecular weight is 312 g/mol. The first-order valence-electron chi connectivity index (χ1n) is 7.73. The van der Waals surface area contributed by atoms with Crippen LogP contribution in [0.15, 0.2) is 18.2 Å². The number of rotatable bonds is 5. The minimum Gasteiger partial charge on any atom is -0.491 e. The van der Waals surface area contributed by atoms with Crippen molar-refractivity contribution in [1.82, 2.24) is 4.90 Å². The fraction of sp³-hybridized carbons (Fsp3) is 0.647. The van der Waals surface area contributed by atoms with E-state index in [9.17, 15) is 5.11 Å². The van der Waals surface area contributed by atoms with Crippen LogP contribution in [0.1, 0.15) is 25.8 Å². The SMILES string of the molecule is Cc1cc(Cl)ccc1OCC(O)CN1CC(C)CC(C)C1. The molecule has 2 rings (SSSR count). The van der Waals surface area contributed by atoms with Crippen molar-refractivity contribution in [2.45, 2.75) is 33.3 Å². The molecule has 0 radical (unpaired) electrons. The Balaban J connectivity index is 1.80. The summed E-state index contributed by atoms with van der Waals surface area (Å²) < 4.78 is 5.71. The summed E-state index contributed by atoms with van der Waals surface area (Å²) in [7, 11) is 0. The molecule has 1 aromatic rings. The third-order valence-electron chi connectivity index (χ3n) is 3.98. The Morgan fingerprint density at radius 1 is 1.33 bits per heavy atom. The second-order valence-corrected chi connectivity index (χ2v) is 6.98. The number of likely N-dealkylation sites (tertiary alicyclic amines) is 1. The van der Waals surface area contributed by atoms with Gasteiger partial charge in [0.1, 0.15) is 18.5 Å². The molecule has 1 aliphatic rings. The van der Waals surface area contributed by atoms with Gasteiger partial charge in [-0.1, -0.05) is 25.4 Å². The van der Waals surface area contributed by atoms with Crippen molar-refractivity contribution in [3.63, 3.8) is 0 Å². The van der Waals surface area contributed by atoms with Gasteiger partial charge < -0.3 is 14.7 Å². The molecule has 1 aliphatic heterocycles. The lowest BCUT2D eigenvalue weighted by atomic mass is 9.92. The number of piperidine rings is 1. The van der Waals surface area contributed by atoms with Crippen molar-refractivity contribution in [2.24, 2.45) is 11.8 Å². The maximum absolute atomic E-state index is 10.2. The highest BCUT2D eigenvalue weighted by atomic mass is 35.5. The van der Waals surface area contributed by atoms with E-state index < -0.39 is 6.10 Å². The molecule has 1 fully saturated rings. The summed E-state index contributed by atoms with van der Waals surface area (Å²) in [5, 5.41) is 10.9. The predicted molar refractivity (Wildman–Crippen MR) is 87.1 cm³/mol. The second kappa shape index (κ2) is 7.48. The monoisotopic (exact) mass is 311 g/mol. The Morgan fingerprint density at radius 3 is 2.62 bits per heavy atom. The van der Waals surface area contributed by atoms with E-state index in [1.807, 2.05) is 25.1 Å². The zero-order chi connectivity index (χ0) is 15.4. The number of hydrogen-bond acceptors (Lipinski definition) is 3. The minimum absolute atomic E-state index is 0.321. The summed E-state index contributed by atoms with van der Waals surface area (Å²) in [5.41, 5.74) is 0.995. The van der Waals surface area contributed by atoms with Crippen LogP contribution in [0.2, 0.25) is 5.02 Å². The summed E-state index contributed by atoms with van der Waals surface area (Å²) in [5.74, 6) is 2.21. The highest BCUT2D eigenvalue weighted by Crippen LogP contribution is 2.23. The molecule has 0 saturated carbocycles. The van der Waals surface area contributed by atoms with E-state index in [2.05, 4.69) is 18.7 Å². The van der Waals surface area contributed by atoms with E-state index in [-0.39, 0.29) is 0 Å². The molecule has 0 spiro atoms. The van der Waals surface area contributed by atoms with Crippen molar-refractivity contribution in [3.8, 4) is 5.75 Å². The van der Waals surface area contributed by atoms with Crippen molar-refractivity contribution in [2.75, 3.05) is 26.2 Å². The lowest BCUT2D eigenvalue weighted by Crippen LogP contribution is -2.44. The zero-order valence-electron chi connectivity index (χ0n) is 13.2. The van der Waals surface area contributed by atoms with E-state index in [4.69, 9.17) is 16.3 Å².